The highest BCUT2D eigenvalue weighted by Gasteiger charge is 2.06. The first kappa shape index (κ1) is 10.9. The molecular weight excluding hydrogens is 185 g/mol. The van der Waals surface area contributed by atoms with Crippen LogP contribution >= 0.6 is 0 Å². The first-order chi connectivity index (χ1) is 6.67. The summed E-state index contributed by atoms with van der Waals surface area (Å²) in [6.45, 7) is -0.104. The Balaban J connectivity index is 2.76. The fraction of sp³-hybridized carbons (Fsp3) is 0.400. The lowest BCUT2D eigenvalue weighted by Crippen LogP contribution is -2.26. The molecule has 1 unspecified atom stereocenters. The molecule has 0 aliphatic rings. The standard InChI is InChI=1S/C10H14FNO2/c1-14-10-3-2-7(5-9(10)11)4-8(12)6-13/h2-3,5,8,13H,4,6,12H2,1H3. The molecule has 1 atom stereocenters. The number of nitrogens with two attached hydrogens (primary N) is 1. The van der Waals surface area contributed by atoms with E-state index in [0.29, 0.717) is 6.42 Å². The first-order valence-electron chi connectivity index (χ1n) is 4.36. The van der Waals surface area contributed by atoms with Crippen LogP contribution in [0, 0.1) is 5.82 Å². The van der Waals surface area contributed by atoms with Crippen LogP contribution in [0.25, 0.3) is 0 Å². The van der Waals surface area contributed by atoms with E-state index in [0.717, 1.165) is 5.56 Å². The van der Waals surface area contributed by atoms with Crippen molar-refractivity contribution < 1.29 is 14.2 Å². The molecule has 1 aromatic carbocycles. The highest BCUT2D eigenvalue weighted by molar-refractivity contribution is 5.29. The maximum atomic E-state index is 13.2. The van der Waals surface area contributed by atoms with Gasteiger partial charge in [-0.2, -0.15) is 0 Å². The van der Waals surface area contributed by atoms with Gasteiger partial charge in [0.15, 0.2) is 11.6 Å². The van der Waals surface area contributed by atoms with Gasteiger partial charge in [-0.1, -0.05) is 6.07 Å². The van der Waals surface area contributed by atoms with E-state index in [4.69, 9.17) is 15.6 Å². The van der Waals surface area contributed by atoms with Gasteiger partial charge in [-0.3, -0.25) is 0 Å². The fourth-order valence-electron chi connectivity index (χ4n) is 1.20. The average molecular weight is 199 g/mol. The molecular formula is C10H14FNO2. The molecule has 0 aliphatic carbocycles. The molecule has 0 fully saturated rings. The Hall–Kier alpha value is -1.13. The summed E-state index contributed by atoms with van der Waals surface area (Å²) in [7, 11) is 1.41. The minimum absolute atomic E-state index is 0.104. The Morgan fingerprint density at radius 1 is 1.57 bits per heavy atom. The number of benzene rings is 1. The molecule has 0 saturated carbocycles. The van der Waals surface area contributed by atoms with Gasteiger partial charge in [-0.25, -0.2) is 4.39 Å². The zero-order valence-electron chi connectivity index (χ0n) is 8.03. The third-order valence-corrected chi connectivity index (χ3v) is 1.95. The molecule has 3 nitrogen and oxygen atoms in total. The van der Waals surface area contributed by atoms with Gasteiger partial charge < -0.3 is 15.6 Å². The lowest BCUT2D eigenvalue weighted by atomic mass is 10.1. The van der Waals surface area contributed by atoms with E-state index in [1.807, 2.05) is 0 Å². The van der Waals surface area contributed by atoms with Crippen LogP contribution in [0.4, 0.5) is 4.39 Å². The predicted octanol–water partition coefficient (Wildman–Crippen LogP) is 0.696. The maximum absolute atomic E-state index is 13.2. The fourth-order valence-corrected chi connectivity index (χ4v) is 1.20. The molecule has 0 aromatic heterocycles. The van der Waals surface area contributed by atoms with Gasteiger partial charge in [-0.15, -0.1) is 0 Å². The monoisotopic (exact) mass is 199 g/mol. The lowest BCUT2D eigenvalue weighted by molar-refractivity contribution is 0.265. The van der Waals surface area contributed by atoms with Crippen LogP contribution in [0.2, 0.25) is 0 Å². The molecule has 0 spiro atoms. The quantitative estimate of drug-likeness (QED) is 0.750. The van der Waals surface area contributed by atoms with Crippen molar-refractivity contribution in [1.82, 2.24) is 0 Å². The summed E-state index contributed by atoms with van der Waals surface area (Å²) >= 11 is 0. The molecule has 4 heteroatoms. The molecule has 0 amide bonds. The van der Waals surface area contributed by atoms with Crippen LogP contribution in [0.15, 0.2) is 18.2 Å². The van der Waals surface area contributed by atoms with E-state index in [1.54, 1.807) is 12.1 Å². The second-order valence-corrected chi connectivity index (χ2v) is 3.12. The summed E-state index contributed by atoms with van der Waals surface area (Å²) in [5, 5.41) is 8.72. The van der Waals surface area contributed by atoms with Gasteiger partial charge in [0.1, 0.15) is 0 Å². The Labute approximate surface area is 82.3 Å². The van der Waals surface area contributed by atoms with Crippen LogP contribution in [0.1, 0.15) is 5.56 Å². The molecule has 0 saturated heterocycles. The average Bonchev–Trinajstić information content (AvgIpc) is 2.18. The van der Waals surface area contributed by atoms with Crippen molar-refractivity contribution in [3.63, 3.8) is 0 Å². The van der Waals surface area contributed by atoms with E-state index in [-0.39, 0.29) is 18.4 Å². The van der Waals surface area contributed by atoms with Crippen molar-refractivity contribution in [2.75, 3.05) is 13.7 Å². The molecule has 14 heavy (non-hydrogen) atoms. The number of aliphatic hydroxyl groups is 1. The second kappa shape index (κ2) is 4.93. The lowest BCUT2D eigenvalue weighted by Gasteiger charge is -2.09. The van der Waals surface area contributed by atoms with Crippen molar-refractivity contribution in [2.24, 2.45) is 5.73 Å². The third-order valence-electron chi connectivity index (χ3n) is 1.95. The minimum Gasteiger partial charge on any atom is -0.494 e. The summed E-state index contributed by atoms with van der Waals surface area (Å²) in [5.41, 5.74) is 6.28. The van der Waals surface area contributed by atoms with Crippen molar-refractivity contribution in [1.29, 1.82) is 0 Å². The van der Waals surface area contributed by atoms with Gasteiger partial charge in [0.05, 0.1) is 13.7 Å². The summed E-state index contributed by atoms with van der Waals surface area (Å²) in [5.74, 6) is -0.193. The highest BCUT2D eigenvalue weighted by atomic mass is 19.1. The van der Waals surface area contributed by atoms with E-state index in [2.05, 4.69) is 0 Å². The Bertz CT molecular complexity index is 304. The molecule has 0 bridgehead atoms. The number of rotatable bonds is 4. The van der Waals surface area contributed by atoms with Crippen molar-refractivity contribution in [3.05, 3.63) is 29.6 Å². The minimum atomic E-state index is -0.407. The topological polar surface area (TPSA) is 55.5 Å². The molecule has 0 radical (unpaired) electrons. The molecule has 0 aliphatic heterocycles. The normalized spacial score (nSPS) is 12.6. The van der Waals surface area contributed by atoms with Crippen LogP contribution < -0.4 is 10.5 Å². The van der Waals surface area contributed by atoms with Crippen LogP contribution in [-0.4, -0.2) is 24.9 Å². The molecule has 0 heterocycles. The van der Waals surface area contributed by atoms with Crippen molar-refractivity contribution >= 4 is 0 Å². The highest BCUT2D eigenvalue weighted by Crippen LogP contribution is 2.18. The zero-order valence-corrected chi connectivity index (χ0v) is 8.03. The maximum Gasteiger partial charge on any atom is 0.165 e. The summed E-state index contributed by atoms with van der Waals surface area (Å²) < 4.78 is 18.0. The zero-order chi connectivity index (χ0) is 10.6. The molecule has 1 rings (SSSR count). The van der Waals surface area contributed by atoms with E-state index < -0.39 is 5.82 Å². The first-order valence-corrected chi connectivity index (χ1v) is 4.36. The van der Waals surface area contributed by atoms with Crippen LogP contribution in [0.5, 0.6) is 5.75 Å². The number of halogens is 1. The van der Waals surface area contributed by atoms with E-state index >= 15 is 0 Å². The SMILES string of the molecule is COc1ccc(CC(N)CO)cc1F. The number of methoxy groups -OCH3 is 1. The Kier molecular flexibility index (Phi) is 3.85. The van der Waals surface area contributed by atoms with Crippen LogP contribution in [0.3, 0.4) is 0 Å². The van der Waals surface area contributed by atoms with Gasteiger partial charge >= 0.3 is 0 Å². The Morgan fingerprint density at radius 2 is 2.29 bits per heavy atom. The smallest absolute Gasteiger partial charge is 0.165 e. The predicted molar refractivity (Wildman–Crippen MR) is 51.7 cm³/mol. The van der Waals surface area contributed by atoms with Gasteiger partial charge in [-0.05, 0) is 24.1 Å². The molecule has 1 aromatic rings. The summed E-state index contributed by atoms with van der Waals surface area (Å²) in [6.07, 6.45) is 0.456. The molecule has 3 N–H and O–H groups in total. The van der Waals surface area contributed by atoms with Crippen molar-refractivity contribution in [3.8, 4) is 5.75 Å². The molecule has 78 valence electrons. The Morgan fingerprint density at radius 3 is 2.79 bits per heavy atom. The van der Waals surface area contributed by atoms with Gasteiger partial charge in [0.2, 0.25) is 0 Å². The van der Waals surface area contributed by atoms with E-state index in [9.17, 15) is 4.39 Å². The summed E-state index contributed by atoms with van der Waals surface area (Å²) in [4.78, 5) is 0. The largest absolute Gasteiger partial charge is 0.494 e. The van der Waals surface area contributed by atoms with Gasteiger partial charge in [0.25, 0.3) is 0 Å². The van der Waals surface area contributed by atoms with E-state index in [1.165, 1.54) is 13.2 Å². The summed E-state index contributed by atoms with van der Waals surface area (Å²) in [6, 6.07) is 4.31. The number of hydrogen-bond acceptors (Lipinski definition) is 3. The second-order valence-electron chi connectivity index (χ2n) is 3.12. The number of ether oxygens (including phenoxy) is 1. The van der Waals surface area contributed by atoms with Gasteiger partial charge in [0, 0.05) is 6.04 Å². The number of hydrogen-bond donors (Lipinski definition) is 2. The van der Waals surface area contributed by atoms with Crippen LogP contribution in [-0.2, 0) is 6.42 Å². The van der Waals surface area contributed by atoms with Crippen molar-refractivity contribution in [2.45, 2.75) is 12.5 Å². The third kappa shape index (κ3) is 2.68. The number of aliphatic hydroxyl groups excluding tert-OH is 1.